The summed E-state index contributed by atoms with van der Waals surface area (Å²) in [6, 6.07) is 3.20. The molecule has 19 heavy (non-hydrogen) atoms. The van der Waals surface area contributed by atoms with E-state index in [0.717, 1.165) is 30.2 Å². The van der Waals surface area contributed by atoms with Crippen LogP contribution < -0.4 is 5.73 Å². The second-order valence-electron chi connectivity index (χ2n) is 4.98. The van der Waals surface area contributed by atoms with Gasteiger partial charge in [-0.15, -0.1) is 0 Å². The van der Waals surface area contributed by atoms with E-state index in [1.165, 1.54) is 6.07 Å². The molecule has 0 aromatic heterocycles. The summed E-state index contributed by atoms with van der Waals surface area (Å²) in [7, 11) is -3.38. The molecule has 0 saturated heterocycles. The number of rotatable bonds is 3. The molecule has 102 valence electrons. The van der Waals surface area contributed by atoms with Crippen LogP contribution in [0.4, 0.5) is 0 Å². The lowest BCUT2D eigenvalue weighted by Crippen LogP contribution is -2.16. The highest BCUT2D eigenvalue weighted by molar-refractivity contribution is 7.90. The van der Waals surface area contributed by atoms with Crippen molar-refractivity contribution in [2.45, 2.75) is 30.6 Å². The van der Waals surface area contributed by atoms with Gasteiger partial charge in [-0.1, -0.05) is 18.2 Å². The highest BCUT2D eigenvalue weighted by atomic mass is 32.2. The molecule has 0 fully saturated rings. The first kappa shape index (κ1) is 13.8. The van der Waals surface area contributed by atoms with Crippen molar-refractivity contribution < 1.29 is 13.2 Å². The van der Waals surface area contributed by atoms with Crippen molar-refractivity contribution in [2.24, 2.45) is 5.73 Å². The molecule has 1 aromatic rings. The molecule has 0 atom stereocenters. The van der Waals surface area contributed by atoms with E-state index in [0.29, 0.717) is 0 Å². The van der Waals surface area contributed by atoms with Crippen LogP contribution in [0.2, 0.25) is 0 Å². The van der Waals surface area contributed by atoms with Gasteiger partial charge in [0.2, 0.25) is 5.91 Å². The zero-order chi connectivity index (χ0) is 14.2. The Morgan fingerprint density at radius 3 is 2.32 bits per heavy atom. The predicted molar refractivity (Wildman–Crippen MR) is 73.9 cm³/mol. The van der Waals surface area contributed by atoms with Crippen LogP contribution in [0.15, 0.2) is 29.2 Å². The third-order valence-electron chi connectivity index (χ3n) is 3.47. The van der Waals surface area contributed by atoms with Crippen LogP contribution in [0.25, 0.3) is 0 Å². The molecule has 5 heteroatoms. The molecule has 0 saturated carbocycles. The molecule has 1 aliphatic rings. The number of carbonyl (C=O) groups excluding carboxylic acids is 1. The average Bonchev–Trinajstić information content (AvgIpc) is 2.79. The maximum atomic E-state index is 11.9. The van der Waals surface area contributed by atoms with Crippen LogP contribution in [0.5, 0.6) is 0 Å². The van der Waals surface area contributed by atoms with Crippen molar-refractivity contribution in [2.75, 3.05) is 6.26 Å². The first-order valence-electron chi connectivity index (χ1n) is 6.10. The fourth-order valence-electron chi connectivity index (χ4n) is 2.49. The molecule has 1 amide bonds. The number of amides is 1. The number of allylic oxidation sites excluding steroid dienone is 2. The number of sulfone groups is 1. The van der Waals surface area contributed by atoms with Crippen LogP contribution in [-0.2, 0) is 9.84 Å². The Labute approximate surface area is 113 Å². The molecule has 1 aromatic carbocycles. The Bertz CT molecular complexity index is 652. The minimum absolute atomic E-state index is 0.172. The van der Waals surface area contributed by atoms with E-state index in [9.17, 15) is 13.2 Å². The Morgan fingerprint density at radius 2 is 1.84 bits per heavy atom. The number of hydrogen-bond acceptors (Lipinski definition) is 3. The molecule has 0 unspecified atom stereocenters. The molecule has 2 rings (SSSR count). The fourth-order valence-corrected chi connectivity index (χ4v) is 3.47. The number of aryl methyl sites for hydroxylation is 1. The number of carbonyl (C=O) groups is 1. The fraction of sp³-hybridized carbons (Fsp3) is 0.357. The largest absolute Gasteiger partial charge is 0.366 e. The third-order valence-corrected chi connectivity index (χ3v) is 4.62. The number of hydrogen-bond donors (Lipinski definition) is 1. The van der Waals surface area contributed by atoms with Crippen LogP contribution in [0, 0.1) is 6.92 Å². The van der Waals surface area contributed by atoms with Crippen molar-refractivity contribution in [3.63, 3.8) is 0 Å². The number of nitrogens with two attached hydrogens (primary N) is 1. The van der Waals surface area contributed by atoms with E-state index in [1.54, 1.807) is 13.0 Å². The topological polar surface area (TPSA) is 77.2 Å². The summed E-state index contributed by atoms with van der Waals surface area (Å²) in [6.45, 7) is 1.78. The van der Waals surface area contributed by atoms with Crippen molar-refractivity contribution in [3.05, 3.63) is 41.0 Å². The second kappa shape index (κ2) is 4.81. The zero-order valence-electron chi connectivity index (χ0n) is 11.0. The molecule has 4 nitrogen and oxygen atoms in total. The van der Waals surface area contributed by atoms with Gasteiger partial charge in [-0.3, -0.25) is 4.79 Å². The van der Waals surface area contributed by atoms with Crippen LogP contribution in [-0.4, -0.2) is 20.6 Å². The van der Waals surface area contributed by atoms with Crippen LogP contribution >= 0.6 is 0 Å². The highest BCUT2D eigenvalue weighted by Crippen LogP contribution is 2.35. The third kappa shape index (κ3) is 2.71. The van der Waals surface area contributed by atoms with Crippen molar-refractivity contribution >= 4 is 15.7 Å². The van der Waals surface area contributed by atoms with E-state index in [-0.39, 0.29) is 16.4 Å². The lowest BCUT2D eigenvalue weighted by Gasteiger charge is -2.17. The molecule has 0 spiro atoms. The Morgan fingerprint density at radius 1 is 1.26 bits per heavy atom. The highest BCUT2D eigenvalue weighted by Gasteiger charge is 2.24. The van der Waals surface area contributed by atoms with Crippen LogP contribution in [0.1, 0.15) is 40.2 Å². The maximum Gasteiger partial charge on any atom is 0.249 e. The van der Waals surface area contributed by atoms with Gasteiger partial charge in [-0.05, 0) is 42.9 Å². The van der Waals surface area contributed by atoms with E-state index in [1.807, 2.05) is 12.2 Å². The van der Waals surface area contributed by atoms with Crippen molar-refractivity contribution in [1.29, 1.82) is 0 Å². The Balaban J connectivity index is 2.65. The van der Waals surface area contributed by atoms with Gasteiger partial charge >= 0.3 is 0 Å². The lowest BCUT2D eigenvalue weighted by atomic mass is 9.93. The number of benzene rings is 1. The molecule has 0 bridgehead atoms. The van der Waals surface area contributed by atoms with Gasteiger partial charge in [0.05, 0.1) is 4.90 Å². The minimum Gasteiger partial charge on any atom is -0.366 e. The summed E-state index contributed by atoms with van der Waals surface area (Å²) in [6.07, 6.45) is 6.92. The molecule has 0 aliphatic heterocycles. The summed E-state index contributed by atoms with van der Waals surface area (Å²) >= 11 is 0. The summed E-state index contributed by atoms with van der Waals surface area (Å²) in [5.41, 5.74) is 7.07. The summed E-state index contributed by atoms with van der Waals surface area (Å²) < 4.78 is 23.8. The normalized spacial score (nSPS) is 15.9. The maximum absolute atomic E-state index is 11.9. The van der Waals surface area contributed by atoms with E-state index < -0.39 is 15.7 Å². The minimum atomic E-state index is -3.38. The van der Waals surface area contributed by atoms with E-state index in [2.05, 4.69) is 0 Å². The van der Waals surface area contributed by atoms with Gasteiger partial charge in [-0.2, -0.15) is 0 Å². The molecule has 2 N–H and O–H groups in total. The molecule has 0 heterocycles. The predicted octanol–water partition coefficient (Wildman–Crippen LogP) is 1.93. The molecule has 0 radical (unpaired) electrons. The lowest BCUT2D eigenvalue weighted by molar-refractivity contribution is 0.0999. The standard InChI is InChI=1S/C14H17NO3S/c1-9-7-12(10-5-3-4-6-10)13(19(2,17)18)8-11(9)14(15)16/h3-4,7-8,10H,5-6H2,1-2H3,(H2,15,16). The van der Waals surface area contributed by atoms with Crippen molar-refractivity contribution in [3.8, 4) is 0 Å². The number of primary amides is 1. The van der Waals surface area contributed by atoms with Gasteiger partial charge in [-0.25, -0.2) is 8.42 Å². The van der Waals surface area contributed by atoms with E-state index in [4.69, 9.17) is 5.73 Å². The molecular weight excluding hydrogens is 262 g/mol. The summed E-state index contributed by atoms with van der Waals surface area (Å²) in [4.78, 5) is 11.6. The summed E-state index contributed by atoms with van der Waals surface area (Å²) in [5.74, 6) is -0.427. The smallest absolute Gasteiger partial charge is 0.249 e. The summed E-state index contributed by atoms with van der Waals surface area (Å²) in [5, 5.41) is 0. The van der Waals surface area contributed by atoms with Gasteiger partial charge in [0, 0.05) is 11.8 Å². The zero-order valence-corrected chi connectivity index (χ0v) is 11.8. The molecule has 1 aliphatic carbocycles. The van der Waals surface area contributed by atoms with Gasteiger partial charge in [0.1, 0.15) is 0 Å². The van der Waals surface area contributed by atoms with E-state index >= 15 is 0 Å². The monoisotopic (exact) mass is 279 g/mol. The first-order chi connectivity index (χ1) is 8.80. The first-order valence-corrected chi connectivity index (χ1v) is 7.99. The van der Waals surface area contributed by atoms with Crippen LogP contribution in [0.3, 0.4) is 0 Å². The van der Waals surface area contributed by atoms with Gasteiger partial charge < -0.3 is 5.73 Å². The second-order valence-corrected chi connectivity index (χ2v) is 6.97. The van der Waals surface area contributed by atoms with Crippen molar-refractivity contribution in [1.82, 2.24) is 0 Å². The average molecular weight is 279 g/mol. The Hall–Kier alpha value is -1.62. The quantitative estimate of drug-likeness (QED) is 0.859. The Kier molecular flexibility index (Phi) is 3.49. The molecular formula is C14H17NO3S. The van der Waals surface area contributed by atoms with Gasteiger partial charge in [0.25, 0.3) is 0 Å². The van der Waals surface area contributed by atoms with Gasteiger partial charge in [0.15, 0.2) is 9.84 Å². The SMILES string of the molecule is Cc1cc(C2CC=CC2)c(S(C)(=O)=O)cc1C(N)=O.